The van der Waals surface area contributed by atoms with Crippen LogP contribution in [0.2, 0.25) is 0 Å². The number of esters is 1. The predicted molar refractivity (Wildman–Crippen MR) is 110 cm³/mol. The molecule has 0 saturated heterocycles. The zero-order valence-electron chi connectivity index (χ0n) is 16.3. The summed E-state index contributed by atoms with van der Waals surface area (Å²) >= 11 is 1.63. The number of benzene rings is 1. The van der Waals surface area contributed by atoms with Crippen LogP contribution in [0.5, 0.6) is 0 Å². The molecular formula is C23H22FNO3S. The van der Waals surface area contributed by atoms with Gasteiger partial charge >= 0.3 is 5.97 Å². The summed E-state index contributed by atoms with van der Waals surface area (Å²) < 4.78 is 20.0. The highest BCUT2D eigenvalue weighted by molar-refractivity contribution is 7.10. The van der Waals surface area contributed by atoms with Gasteiger partial charge in [0.15, 0.2) is 5.78 Å². The van der Waals surface area contributed by atoms with Crippen molar-refractivity contribution < 1.29 is 18.7 Å². The van der Waals surface area contributed by atoms with Crippen LogP contribution in [-0.2, 0) is 14.3 Å². The molecular weight excluding hydrogens is 389 g/mol. The minimum absolute atomic E-state index is 0.0558. The van der Waals surface area contributed by atoms with Crippen molar-refractivity contribution in [1.82, 2.24) is 5.32 Å². The van der Waals surface area contributed by atoms with Crippen LogP contribution in [0.3, 0.4) is 0 Å². The van der Waals surface area contributed by atoms with Gasteiger partial charge in [-0.15, -0.1) is 11.3 Å². The normalized spacial score (nSPS) is 21.7. The smallest absolute Gasteiger partial charge is 0.336 e. The molecule has 4 rings (SSSR count). The Morgan fingerprint density at radius 2 is 2.03 bits per heavy atom. The third-order valence-corrected chi connectivity index (χ3v) is 6.52. The van der Waals surface area contributed by atoms with E-state index in [2.05, 4.69) is 5.32 Å². The fourth-order valence-corrected chi connectivity index (χ4v) is 5.09. The van der Waals surface area contributed by atoms with E-state index in [1.54, 1.807) is 43.4 Å². The van der Waals surface area contributed by atoms with Crippen molar-refractivity contribution in [2.24, 2.45) is 0 Å². The van der Waals surface area contributed by atoms with E-state index in [9.17, 15) is 14.0 Å². The Balaban J connectivity index is 1.83. The maximum absolute atomic E-state index is 14.8. The molecule has 29 heavy (non-hydrogen) atoms. The third-order valence-electron chi connectivity index (χ3n) is 5.48. The summed E-state index contributed by atoms with van der Waals surface area (Å²) in [5.74, 6) is -1.69. The number of nitrogens with one attached hydrogen (secondary N) is 1. The van der Waals surface area contributed by atoms with Crippen LogP contribution in [0.25, 0.3) is 0 Å². The molecule has 1 aliphatic carbocycles. The average Bonchev–Trinajstić information content (AvgIpc) is 3.22. The monoisotopic (exact) mass is 411 g/mol. The van der Waals surface area contributed by atoms with Gasteiger partial charge in [0, 0.05) is 39.7 Å². The zero-order chi connectivity index (χ0) is 20.5. The van der Waals surface area contributed by atoms with Crippen molar-refractivity contribution in [3.05, 3.63) is 80.6 Å². The molecule has 1 N–H and O–H groups in total. The van der Waals surface area contributed by atoms with Crippen molar-refractivity contribution >= 4 is 23.1 Å². The van der Waals surface area contributed by atoms with Gasteiger partial charge in [0.25, 0.3) is 0 Å². The lowest BCUT2D eigenvalue weighted by Gasteiger charge is -2.36. The van der Waals surface area contributed by atoms with Crippen LogP contribution in [0, 0.1) is 5.82 Å². The lowest BCUT2D eigenvalue weighted by atomic mass is 9.72. The Morgan fingerprint density at radius 3 is 2.72 bits per heavy atom. The first-order valence-electron chi connectivity index (χ1n) is 9.70. The third kappa shape index (κ3) is 3.53. The maximum atomic E-state index is 14.8. The molecule has 0 fully saturated rings. The second-order valence-electron chi connectivity index (χ2n) is 7.27. The van der Waals surface area contributed by atoms with Gasteiger partial charge in [-0.2, -0.15) is 0 Å². The highest BCUT2D eigenvalue weighted by Crippen LogP contribution is 2.46. The van der Waals surface area contributed by atoms with E-state index in [-0.39, 0.29) is 18.3 Å². The highest BCUT2D eigenvalue weighted by Gasteiger charge is 2.42. The molecule has 6 heteroatoms. The second kappa shape index (κ2) is 7.95. The van der Waals surface area contributed by atoms with Crippen molar-refractivity contribution in [2.45, 2.75) is 38.5 Å². The number of carbonyl (C=O) groups excluding carboxylic acids is 2. The Bertz CT molecular complexity index is 1020. The van der Waals surface area contributed by atoms with E-state index in [1.165, 1.54) is 6.07 Å². The molecule has 1 aromatic heterocycles. The summed E-state index contributed by atoms with van der Waals surface area (Å²) in [5.41, 5.74) is 2.50. The molecule has 2 heterocycles. The van der Waals surface area contributed by atoms with Gasteiger partial charge in [0.2, 0.25) is 0 Å². The van der Waals surface area contributed by atoms with Crippen molar-refractivity contribution in [1.29, 1.82) is 0 Å². The first-order chi connectivity index (χ1) is 14.0. The summed E-state index contributed by atoms with van der Waals surface area (Å²) in [6.07, 6.45) is 1.00. The second-order valence-corrected chi connectivity index (χ2v) is 8.25. The van der Waals surface area contributed by atoms with E-state index in [4.69, 9.17) is 4.74 Å². The largest absolute Gasteiger partial charge is 0.463 e. The number of ether oxygens (including phenoxy) is 1. The minimum Gasteiger partial charge on any atom is -0.463 e. The van der Waals surface area contributed by atoms with E-state index in [0.29, 0.717) is 35.2 Å². The molecule has 2 atom stereocenters. The molecule has 1 aliphatic heterocycles. The van der Waals surface area contributed by atoms with Crippen LogP contribution in [0.15, 0.2) is 64.3 Å². The highest BCUT2D eigenvalue weighted by atomic mass is 32.1. The van der Waals surface area contributed by atoms with E-state index >= 15 is 0 Å². The number of carbonyl (C=O) groups is 2. The van der Waals surface area contributed by atoms with Gasteiger partial charge in [-0.3, -0.25) is 4.79 Å². The fourth-order valence-electron chi connectivity index (χ4n) is 4.26. The number of Topliss-reactive ketones (excluding diaryl/α,β-unsaturated/α-hetero) is 1. The molecule has 0 unspecified atom stereocenters. The molecule has 1 aromatic carbocycles. The summed E-state index contributed by atoms with van der Waals surface area (Å²) in [4.78, 5) is 27.2. The van der Waals surface area contributed by atoms with Gasteiger partial charge in [-0.25, -0.2) is 9.18 Å². The number of allylic oxidation sites excluding steroid dienone is 3. The first kappa shape index (κ1) is 19.6. The van der Waals surface area contributed by atoms with E-state index < -0.39 is 17.7 Å². The zero-order valence-corrected chi connectivity index (χ0v) is 17.1. The van der Waals surface area contributed by atoms with Gasteiger partial charge in [0.1, 0.15) is 5.82 Å². The molecule has 2 aromatic rings. The average molecular weight is 411 g/mol. The number of dihydropyridines is 1. The first-order valence-corrected chi connectivity index (χ1v) is 10.6. The Hall–Kier alpha value is -2.73. The van der Waals surface area contributed by atoms with Crippen molar-refractivity contribution in [2.75, 3.05) is 6.61 Å². The van der Waals surface area contributed by atoms with E-state index in [1.807, 2.05) is 17.5 Å². The number of hydrogen-bond donors (Lipinski definition) is 1. The van der Waals surface area contributed by atoms with Crippen LogP contribution >= 0.6 is 11.3 Å². The van der Waals surface area contributed by atoms with Crippen molar-refractivity contribution in [3.8, 4) is 0 Å². The van der Waals surface area contributed by atoms with Crippen LogP contribution in [0.4, 0.5) is 4.39 Å². The number of halogens is 1. The summed E-state index contributed by atoms with van der Waals surface area (Å²) in [7, 11) is 0. The molecule has 0 bridgehead atoms. The van der Waals surface area contributed by atoms with Crippen molar-refractivity contribution in [3.63, 3.8) is 0 Å². The summed E-state index contributed by atoms with van der Waals surface area (Å²) in [6, 6.07) is 10.3. The van der Waals surface area contributed by atoms with Gasteiger partial charge < -0.3 is 10.1 Å². The maximum Gasteiger partial charge on any atom is 0.336 e. The lowest BCUT2D eigenvalue weighted by Crippen LogP contribution is -2.36. The number of hydrogen-bond acceptors (Lipinski definition) is 5. The molecule has 0 saturated carbocycles. The SMILES string of the molecule is CCOC(=O)C1=C(C)NC2=C(C(=O)C[C@@H](c3cccs3)C2)[C@H]1c1ccccc1F. The quantitative estimate of drug-likeness (QED) is 0.734. The van der Waals surface area contributed by atoms with Gasteiger partial charge in [-0.1, -0.05) is 24.3 Å². The van der Waals surface area contributed by atoms with Crippen LogP contribution in [-0.4, -0.2) is 18.4 Å². The number of thiophene rings is 1. The van der Waals surface area contributed by atoms with Gasteiger partial charge in [-0.05, 0) is 37.8 Å². The number of ketones is 1. The lowest BCUT2D eigenvalue weighted by molar-refractivity contribution is -0.138. The Morgan fingerprint density at radius 1 is 1.24 bits per heavy atom. The predicted octanol–water partition coefficient (Wildman–Crippen LogP) is 4.81. The summed E-state index contributed by atoms with van der Waals surface area (Å²) in [6.45, 7) is 3.72. The van der Waals surface area contributed by atoms with Crippen LogP contribution < -0.4 is 5.32 Å². The number of rotatable bonds is 4. The molecule has 150 valence electrons. The van der Waals surface area contributed by atoms with E-state index in [0.717, 1.165) is 10.6 Å². The van der Waals surface area contributed by atoms with Crippen LogP contribution in [0.1, 0.15) is 49.0 Å². The molecule has 0 spiro atoms. The minimum atomic E-state index is -0.761. The standard InChI is InChI=1S/C23H22FNO3S/c1-3-28-23(27)20-13(2)25-17-11-14(19-9-6-10-29-19)12-18(26)22(17)21(20)15-7-4-5-8-16(15)24/h4-10,14,21,25H,3,11-12H2,1-2H3/t14-,21-/m0/s1. The molecule has 0 amide bonds. The summed E-state index contributed by atoms with van der Waals surface area (Å²) in [5, 5.41) is 5.27. The molecule has 2 aliphatic rings. The van der Waals surface area contributed by atoms with Gasteiger partial charge in [0.05, 0.1) is 18.1 Å². The topological polar surface area (TPSA) is 55.4 Å². The fraction of sp³-hybridized carbons (Fsp3) is 0.304. The Labute approximate surface area is 173 Å². The molecule has 0 radical (unpaired) electrons. The Kier molecular flexibility index (Phi) is 5.37. The molecule has 4 nitrogen and oxygen atoms in total.